The smallest absolute Gasteiger partial charge is 0.335 e. The van der Waals surface area contributed by atoms with Gasteiger partial charge in [-0.25, -0.2) is 14.8 Å². The molecule has 1 amide bonds. The summed E-state index contributed by atoms with van der Waals surface area (Å²) in [5, 5.41) is 14.1. The van der Waals surface area contributed by atoms with Crippen molar-refractivity contribution in [2.45, 2.75) is 6.92 Å². The Kier molecular flexibility index (Phi) is 4.98. The fourth-order valence-electron chi connectivity index (χ4n) is 2.40. The molecule has 8 nitrogen and oxygen atoms in total. The van der Waals surface area contributed by atoms with E-state index < -0.39 is 23.0 Å². The zero-order chi connectivity index (χ0) is 19.4. The first kappa shape index (κ1) is 17.9. The Balaban J connectivity index is 1.93. The summed E-state index contributed by atoms with van der Waals surface area (Å²) in [6.07, 6.45) is 0.985. The minimum atomic E-state index is -0.821. The average molecular weight is 364 g/mol. The van der Waals surface area contributed by atoms with Crippen LogP contribution in [-0.2, 0) is 0 Å². The Hall–Kier alpha value is -3.94. The first-order chi connectivity index (χ1) is 13.0. The van der Waals surface area contributed by atoms with Crippen molar-refractivity contribution in [3.8, 4) is 11.6 Å². The SMILES string of the molecule is Cc1ccc(-n2c(O)c(/C=N\NC(=O)c3ccccc3)c(=O)[nH]c2=O)cc1. The van der Waals surface area contributed by atoms with Crippen LogP contribution in [-0.4, -0.2) is 26.8 Å². The molecule has 0 spiro atoms. The molecule has 136 valence electrons. The van der Waals surface area contributed by atoms with Crippen molar-refractivity contribution < 1.29 is 9.90 Å². The molecule has 0 atom stereocenters. The van der Waals surface area contributed by atoms with Gasteiger partial charge >= 0.3 is 5.69 Å². The molecule has 3 rings (SSSR count). The number of hydrazone groups is 1. The molecular weight excluding hydrogens is 348 g/mol. The van der Waals surface area contributed by atoms with Crippen LogP contribution in [0.3, 0.4) is 0 Å². The Morgan fingerprint density at radius 1 is 1.11 bits per heavy atom. The molecule has 8 heteroatoms. The number of H-pyrrole nitrogens is 1. The molecule has 0 saturated carbocycles. The third-order valence-electron chi connectivity index (χ3n) is 3.81. The number of nitrogens with zero attached hydrogens (tertiary/aromatic N) is 2. The fourth-order valence-corrected chi connectivity index (χ4v) is 2.40. The Morgan fingerprint density at radius 3 is 2.44 bits per heavy atom. The number of nitrogens with one attached hydrogen (secondary N) is 2. The molecular formula is C19H16N4O4. The average Bonchev–Trinajstić information content (AvgIpc) is 2.66. The van der Waals surface area contributed by atoms with Gasteiger partial charge < -0.3 is 5.11 Å². The van der Waals surface area contributed by atoms with E-state index >= 15 is 0 Å². The second-order valence-corrected chi connectivity index (χ2v) is 5.73. The number of hydrogen-bond donors (Lipinski definition) is 3. The number of aromatic hydroxyl groups is 1. The van der Waals surface area contributed by atoms with Crippen LogP contribution in [0.2, 0.25) is 0 Å². The van der Waals surface area contributed by atoms with Crippen molar-refractivity contribution in [3.05, 3.63) is 92.1 Å². The van der Waals surface area contributed by atoms with Gasteiger partial charge in [0.1, 0.15) is 5.56 Å². The van der Waals surface area contributed by atoms with Gasteiger partial charge in [0.05, 0.1) is 11.9 Å². The van der Waals surface area contributed by atoms with E-state index in [1.807, 2.05) is 6.92 Å². The number of rotatable bonds is 4. The van der Waals surface area contributed by atoms with Crippen molar-refractivity contribution >= 4 is 12.1 Å². The maximum Gasteiger partial charge on any atom is 0.335 e. The summed E-state index contributed by atoms with van der Waals surface area (Å²) in [4.78, 5) is 38.2. The molecule has 0 aliphatic rings. The number of amides is 1. The maximum absolute atomic E-state index is 12.1. The van der Waals surface area contributed by atoms with E-state index in [1.165, 1.54) is 0 Å². The summed E-state index contributed by atoms with van der Waals surface area (Å²) in [5.41, 5.74) is 2.13. The highest BCUT2D eigenvalue weighted by molar-refractivity contribution is 5.94. The number of hydrogen-bond acceptors (Lipinski definition) is 5. The zero-order valence-corrected chi connectivity index (χ0v) is 14.3. The summed E-state index contributed by atoms with van der Waals surface area (Å²) < 4.78 is 0.946. The molecule has 1 heterocycles. The minimum Gasteiger partial charge on any atom is -0.493 e. The molecule has 0 saturated heterocycles. The van der Waals surface area contributed by atoms with E-state index in [-0.39, 0.29) is 5.56 Å². The van der Waals surface area contributed by atoms with Crippen LogP contribution in [0.1, 0.15) is 21.5 Å². The van der Waals surface area contributed by atoms with E-state index in [0.717, 1.165) is 16.3 Å². The normalized spacial score (nSPS) is 10.9. The van der Waals surface area contributed by atoms with Crippen LogP contribution >= 0.6 is 0 Å². The molecule has 0 aliphatic carbocycles. The standard InChI is InChI=1S/C19H16N4O4/c1-12-7-9-14(10-8-12)23-18(26)15(17(25)21-19(23)27)11-20-22-16(24)13-5-3-2-4-6-13/h2-11,26H,1H3,(H,22,24)(H,21,25,27)/b20-11-. The Labute approximate surface area is 153 Å². The van der Waals surface area contributed by atoms with E-state index in [1.54, 1.807) is 54.6 Å². The van der Waals surface area contributed by atoms with Crippen molar-refractivity contribution in [2.24, 2.45) is 5.10 Å². The summed E-state index contributed by atoms with van der Waals surface area (Å²) in [5.74, 6) is -1.06. The highest BCUT2D eigenvalue weighted by Gasteiger charge is 2.14. The second-order valence-electron chi connectivity index (χ2n) is 5.73. The Morgan fingerprint density at radius 2 is 1.78 bits per heavy atom. The fraction of sp³-hybridized carbons (Fsp3) is 0.0526. The molecule has 27 heavy (non-hydrogen) atoms. The van der Waals surface area contributed by atoms with Crippen molar-refractivity contribution in [1.82, 2.24) is 15.0 Å². The number of carbonyl (C=O) groups excluding carboxylic acids is 1. The second kappa shape index (κ2) is 7.52. The predicted molar refractivity (Wildman–Crippen MR) is 101 cm³/mol. The molecule has 1 aromatic heterocycles. The van der Waals surface area contributed by atoms with Gasteiger partial charge in [0, 0.05) is 5.56 Å². The lowest BCUT2D eigenvalue weighted by atomic mass is 10.2. The van der Waals surface area contributed by atoms with Crippen LogP contribution < -0.4 is 16.7 Å². The molecule has 2 aromatic carbocycles. The highest BCUT2D eigenvalue weighted by atomic mass is 16.3. The van der Waals surface area contributed by atoms with Gasteiger partial charge in [-0.15, -0.1) is 0 Å². The molecule has 0 radical (unpaired) electrons. The Bertz CT molecular complexity index is 1110. The van der Waals surface area contributed by atoms with Gasteiger partial charge in [0.2, 0.25) is 5.88 Å². The van der Waals surface area contributed by atoms with Crippen LogP contribution in [0.15, 0.2) is 69.3 Å². The number of carbonyl (C=O) groups is 1. The zero-order valence-electron chi connectivity index (χ0n) is 14.3. The minimum absolute atomic E-state index is 0.261. The number of aryl methyl sites for hydroxylation is 1. The van der Waals surface area contributed by atoms with Crippen LogP contribution in [0, 0.1) is 6.92 Å². The van der Waals surface area contributed by atoms with Gasteiger partial charge in [-0.2, -0.15) is 5.10 Å². The van der Waals surface area contributed by atoms with Gasteiger partial charge in [-0.3, -0.25) is 14.6 Å². The molecule has 0 aliphatic heterocycles. The summed E-state index contributed by atoms with van der Waals surface area (Å²) in [7, 11) is 0. The van der Waals surface area contributed by atoms with E-state index in [2.05, 4.69) is 15.5 Å². The monoisotopic (exact) mass is 364 g/mol. The van der Waals surface area contributed by atoms with E-state index in [4.69, 9.17) is 0 Å². The lowest BCUT2D eigenvalue weighted by Crippen LogP contribution is -2.31. The van der Waals surface area contributed by atoms with Crippen LogP contribution in [0.5, 0.6) is 5.88 Å². The summed E-state index contributed by atoms with van der Waals surface area (Å²) in [6.45, 7) is 1.88. The quantitative estimate of drug-likeness (QED) is 0.478. The maximum atomic E-state index is 12.1. The lowest BCUT2D eigenvalue weighted by Gasteiger charge is -2.09. The lowest BCUT2D eigenvalue weighted by molar-refractivity contribution is 0.0955. The number of aromatic amines is 1. The predicted octanol–water partition coefficient (Wildman–Crippen LogP) is 1.30. The van der Waals surface area contributed by atoms with Crippen LogP contribution in [0.4, 0.5) is 0 Å². The topological polar surface area (TPSA) is 117 Å². The molecule has 3 aromatic rings. The van der Waals surface area contributed by atoms with Crippen LogP contribution in [0.25, 0.3) is 5.69 Å². The number of benzene rings is 2. The van der Waals surface area contributed by atoms with E-state index in [9.17, 15) is 19.5 Å². The van der Waals surface area contributed by atoms with Gasteiger partial charge in [0.25, 0.3) is 11.5 Å². The molecule has 3 N–H and O–H groups in total. The third kappa shape index (κ3) is 3.84. The third-order valence-corrected chi connectivity index (χ3v) is 3.81. The number of aromatic nitrogens is 2. The summed E-state index contributed by atoms with van der Waals surface area (Å²) in [6, 6.07) is 15.2. The van der Waals surface area contributed by atoms with Crippen molar-refractivity contribution in [1.29, 1.82) is 0 Å². The molecule has 0 bridgehead atoms. The molecule has 0 unspecified atom stereocenters. The first-order valence-corrected chi connectivity index (χ1v) is 8.01. The van der Waals surface area contributed by atoms with Crippen molar-refractivity contribution in [2.75, 3.05) is 0 Å². The first-order valence-electron chi connectivity index (χ1n) is 8.01. The molecule has 0 fully saturated rings. The largest absolute Gasteiger partial charge is 0.493 e. The van der Waals surface area contributed by atoms with Gasteiger partial charge in [-0.1, -0.05) is 35.9 Å². The van der Waals surface area contributed by atoms with Gasteiger partial charge in [-0.05, 0) is 31.2 Å². The van der Waals surface area contributed by atoms with E-state index in [0.29, 0.717) is 11.3 Å². The summed E-state index contributed by atoms with van der Waals surface area (Å²) >= 11 is 0. The highest BCUT2D eigenvalue weighted by Crippen LogP contribution is 2.15. The van der Waals surface area contributed by atoms with Gasteiger partial charge in [0.15, 0.2) is 0 Å². The van der Waals surface area contributed by atoms with Crippen molar-refractivity contribution in [3.63, 3.8) is 0 Å².